The molecule has 0 aliphatic rings. The van der Waals surface area contributed by atoms with Gasteiger partial charge in [-0.15, -0.1) is 0 Å². The molecule has 0 spiro atoms. The number of hydrogen-bond donors (Lipinski definition) is 3. The molecule has 3 N–H and O–H groups in total. The van der Waals surface area contributed by atoms with Crippen molar-refractivity contribution in [3.63, 3.8) is 0 Å². The Balaban J connectivity index is 1.73. The number of benzene rings is 2. The van der Waals surface area contributed by atoms with E-state index in [0.29, 0.717) is 5.69 Å². The highest BCUT2D eigenvalue weighted by atomic mass is 16.4. The Morgan fingerprint density at radius 1 is 0.889 bits per heavy atom. The molecule has 0 radical (unpaired) electrons. The van der Waals surface area contributed by atoms with Crippen LogP contribution in [-0.2, 0) is 0 Å². The lowest BCUT2D eigenvalue weighted by Gasteiger charge is -2.13. The minimum Gasteiger partial charge on any atom is -0.872 e. The Kier molecular flexibility index (Phi) is 4.89. The number of anilines is 2. The fourth-order valence-electron chi connectivity index (χ4n) is 2.32. The first-order valence-electron chi connectivity index (χ1n) is 7.74. The molecule has 0 fully saturated rings. The van der Waals surface area contributed by atoms with Crippen molar-refractivity contribution in [2.45, 2.75) is 0 Å². The molecule has 0 atom stereocenters. The predicted octanol–water partition coefficient (Wildman–Crippen LogP) is 2.56. The Morgan fingerprint density at radius 2 is 1.63 bits per heavy atom. The van der Waals surface area contributed by atoms with E-state index in [4.69, 9.17) is 9.52 Å². The van der Waals surface area contributed by atoms with Gasteiger partial charge in [-0.05, 0) is 48.5 Å². The van der Waals surface area contributed by atoms with Crippen LogP contribution in [0.15, 0.2) is 65.3 Å². The van der Waals surface area contributed by atoms with Crippen LogP contribution in [0.3, 0.4) is 0 Å². The molecule has 3 aromatic rings. The van der Waals surface area contributed by atoms with Crippen LogP contribution < -0.4 is 15.7 Å². The largest absolute Gasteiger partial charge is 0.872 e. The quantitative estimate of drug-likeness (QED) is 0.637. The number of aromatic carboxylic acids is 1. The summed E-state index contributed by atoms with van der Waals surface area (Å²) in [6, 6.07) is 12.7. The van der Waals surface area contributed by atoms with Crippen molar-refractivity contribution in [1.29, 1.82) is 0 Å². The maximum absolute atomic E-state index is 12.4. The van der Waals surface area contributed by atoms with Gasteiger partial charge in [0.25, 0.3) is 11.8 Å². The topological polar surface area (TPSA) is 132 Å². The fraction of sp³-hybridized carbons (Fsp3) is 0. The van der Waals surface area contributed by atoms with Gasteiger partial charge in [0.1, 0.15) is 0 Å². The van der Waals surface area contributed by atoms with Crippen LogP contribution in [0.4, 0.5) is 11.4 Å². The summed E-state index contributed by atoms with van der Waals surface area (Å²) in [5, 5.41) is 25.7. The first-order valence-corrected chi connectivity index (χ1v) is 7.74. The summed E-state index contributed by atoms with van der Waals surface area (Å²) in [5.74, 6) is -2.90. The van der Waals surface area contributed by atoms with Crippen molar-refractivity contribution in [2.75, 3.05) is 10.6 Å². The van der Waals surface area contributed by atoms with Gasteiger partial charge in [-0.25, -0.2) is 4.79 Å². The predicted molar refractivity (Wildman–Crippen MR) is 93.9 cm³/mol. The van der Waals surface area contributed by atoms with E-state index < -0.39 is 23.5 Å². The minimum absolute atomic E-state index is 0.131. The molecule has 0 aliphatic carbocycles. The zero-order chi connectivity index (χ0) is 19.4. The molecule has 0 bridgehead atoms. The summed E-state index contributed by atoms with van der Waals surface area (Å²) < 4.78 is 5.00. The molecule has 1 aromatic heterocycles. The highest BCUT2D eigenvalue weighted by Gasteiger charge is 2.12. The third-order valence-electron chi connectivity index (χ3n) is 3.60. The average molecular weight is 365 g/mol. The lowest BCUT2D eigenvalue weighted by Crippen LogP contribution is -2.15. The lowest BCUT2D eigenvalue weighted by molar-refractivity contribution is -0.268. The second-order valence-corrected chi connectivity index (χ2v) is 5.48. The third kappa shape index (κ3) is 4.13. The molecule has 1 heterocycles. The first-order chi connectivity index (χ1) is 12.9. The molecule has 136 valence electrons. The zero-order valence-corrected chi connectivity index (χ0v) is 13.8. The number of nitrogens with one attached hydrogen (secondary N) is 2. The van der Waals surface area contributed by atoms with E-state index in [0.717, 1.165) is 12.1 Å². The van der Waals surface area contributed by atoms with E-state index in [-0.39, 0.29) is 22.6 Å². The smallest absolute Gasteiger partial charge is 0.335 e. The van der Waals surface area contributed by atoms with Crippen molar-refractivity contribution in [2.24, 2.45) is 0 Å². The molecule has 2 amide bonds. The SMILES string of the molecule is O=C(Nc1ccc(C(=O)O)c([O-])c1)c1cccc(NC(=O)c2ccco2)c1. The summed E-state index contributed by atoms with van der Waals surface area (Å²) in [7, 11) is 0. The number of carboxylic acid groups (broad SMARTS) is 1. The lowest BCUT2D eigenvalue weighted by atomic mass is 10.1. The van der Waals surface area contributed by atoms with E-state index >= 15 is 0 Å². The second kappa shape index (κ2) is 7.44. The summed E-state index contributed by atoms with van der Waals surface area (Å²) in [6.45, 7) is 0. The zero-order valence-electron chi connectivity index (χ0n) is 13.8. The number of carbonyl (C=O) groups is 3. The monoisotopic (exact) mass is 365 g/mol. The molecule has 3 rings (SSSR count). The van der Waals surface area contributed by atoms with E-state index in [1.807, 2.05) is 0 Å². The van der Waals surface area contributed by atoms with Gasteiger partial charge in [-0.1, -0.05) is 11.8 Å². The number of carbonyl (C=O) groups excluding carboxylic acids is 2. The van der Waals surface area contributed by atoms with Gasteiger partial charge in [-0.2, -0.15) is 0 Å². The van der Waals surface area contributed by atoms with E-state index in [2.05, 4.69) is 10.6 Å². The first kappa shape index (κ1) is 17.7. The molecular weight excluding hydrogens is 352 g/mol. The maximum atomic E-state index is 12.4. The van der Waals surface area contributed by atoms with Crippen LogP contribution in [0.25, 0.3) is 0 Å². The van der Waals surface area contributed by atoms with Crippen LogP contribution in [0.2, 0.25) is 0 Å². The van der Waals surface area contributed by atoms with Crippen LogP contribution in [0, 0.1) is 0 Å². The van der Waals surface area contributed by atoms with Crippen molar-refractivity contribution >= 4 is 29.2 Å². The van der Waals surface area contributed by atoms with Gasteiger partial charge in [0.05, 0.1) is 11.8 Å². The standard InChI is InChI=1S/C19H14N2O6/c22-15-10-13(6-7-14(15)19(25)26)20-17(23)11-3-1-4-12(9-11)21-18(24)16-5-2-8-27-16/h1-10,22H,(H,20,23)(H,21,24)(H,25,26)/p-1. The van der Waals surface area contributed by atoms with Crippen LogP contribution in [0.1, 0.15) is 31.3 Å². The second-order valence-electron chi connectivity index (χ2n) is 5.48. The van der Waals surface area contributed by atoms with E-state index in [1.165, 1.54) is 30.5 Å². The summed E-state index contributed by atoms with van der Waals surface area (Å²) in [4.78, 5) is 35.2. The van der Waals surface area contributed by atoms with Crippen molar-refractivity contribution in [1.82, 2.24) is 0 Å². The van der Waals surface area contributed by atoms with Gasteiger partial charge in [0, 0.05) is 16.9 Å². The third-order valence-corrected chi connectivity index (χ3v) is 3.60. The van der Waals surface area contributed by atoms with E-state index in [9.17, 15) is 19.5 Å². The van der Waals surface area contributed by atoms with Crippen molar-refractivity contribution in [3.8, 4) is 5.75 Å². The van der Waals surface area contributed by atoms with Crippen molar-refractivity contribution < 1.29 is 29.0 Å². The molecule has 0 unspecified atom stereocenters. The number of carboxylic acids is 1. The fourth-order valence-corrected chi connectivity index (χ4v) is 2.32. The molecule has 8 heteroatoms. The summed E-state index contributed by atoms with van der Waals surface area (Å²) in [5.41, 5.74) is 0.410. The molecule has 27 heavy (non-hydrogen) atoms. The average Bonchev–Trinajstić information content (AvgIpc) is 3.16. The molecular formula is C19H13N2O6-. The molecule has 0 saturated carbocycles. The maximum Gasteiger partial charge on any atom is 0.335 e. The number of amides is 2. The number of rotatable bonds is 5. The number of furan rings is 1. The van der Waals surface area contributed by atoms with Crippen LogP contribution >= 0.6 is 0 Å². The Hall–Kier alpha value is -4.07. The Labute approximate surface area is 153 Å². The highest BCUT2D eigenvalue weighted by Crippen LogP contribution is 2.21. The van der Waals surface area contributed by atoms with Gasteiger partial charge >= 0.3 is 5.97 Å². The molecule has 8 nitrogen and oxygen atoms in total. The molecule has 2 aromatic carbocycles. The van der Waals surface area contributed by atoms with Gasteiger partial charge < -0.3 is 25.3 Å². The van der Waals surface area contributed by atoms with Gasteiger partial charge in [-0.3, -0.25) is 9.59 Å². The summed E-state index contributed by atoms with van der Waals surface area (Å²) >= 11 is 0. The van der Waals surface area contributed by atoms with Crippen LogP contribution in [0.5, 0.6) is 5.75 Å². The molecule has 0 saturated heterocycles. The highest BCUT2D eigenvalue weighted by molar-refractivity contribution is 6.07. The van der Waals surface area contributed by atoms with Crippen LogP contribution in [-0.4, -0.2) is 22.9 Å². The van der Waals surface area contributed by atoms with Gasteiger partial charge in [0.15, 0.2) is 5.76 Å². The van der Waals surface area contributed by atoms with E-state index in [1.54, 1.807) is 18.2 Å². The van der Waals surface area contributed by atoms with Gasteiger partial charge in [0.2, 0.25) is 0 Å². The number of hydrogen-bond acceptors (Lipinski definition) is 5. The Morgan fingerprint density at radius 3 is 2.30 bits per heavy atom. The van der Waals surface area contributed by atoms with Crippen molar-refractivity contribution in [3.05, 3.63) is 77.7 Å². The summed E-state index contributed by atoms with van der Waals surface area (Å²) in [6.07, 6.45) is 1.37. The normalized spacial score (nSPS) is 10.2. The molecule has 0 aliphatic heterocycles. The minimum atomic E-state index is -1.34. The Bertz CT molecular complexity index is 1010.